The molecule has 25 heavy (non-hydrogen) atoms. The van der Waals surface area contributed by atoms with Crippen LogP contribution in [0.5, 0.6) is 23.0 Å². The molecule has 1 aliphatic rings. The Labute approximate surface area is 148 Å². The number of hydrogen-bond donors (Lipinski definition) is 0. The van der Waals surface area contributed by atoms with Crippen LogP contribution in [0.25, 0.3) is 0 Å². The Morgan fingerprint density at radius 3 is 2.12 bits per heavy atom. The van der Waals surface area contributed by atoms with Gasteiger partial charge in [-0.25, -0.2) is 0 Å². The molecule has 5 heteroatoms. The number of rotatable bonds is 5. The van der Waals surface area contributed by atoms with Crippen LogP contribution in [0.4, 0.5) is 5.69 Å². The summed E-state index contributed by atoms with van der Waals surface area (Å²) in [6.45, 7) is 0.955. The molecule has 5 nitrogen and oxygen atoms in total. The third-order valence-electron chi connectivity index (χ3n) is 4.45. The maximum Gasteiger partial charge on any atom is 0.212 e. The Balaban J connectivity index is 2.04. The summed E-state index contributed by atoms with van der Waals surface area (Å²) in [4.78, 5) is 0. The second-order valence-corrected chi connectivity index (χ2v) is 5.88. The summed E-state index contributed by atoms with van der Waals surface area (Å²) in [5.41, 5.74) is 3.47. The van der Waals surface area contributed by atoms with Crippen molar-refractivity contribution in [2.45, 2.75) is 12.8 Å². The Morgan fingerprint density at radius 1 is 0.800 bits per heavy atom. The summed E-state index contributed by atoms with van der Waals surface area (Å²) >= 11 is 0. The van der Waals surface area contributed by atoms with Crippen molar-refractivity contribution in [3.05, 3.63) is 41.5 Å². The van der Waals surface area contributed by atoms with E-state index in [1.54, 1.807) is 28.4 Å². The molecule has 0 saturated heterocycles. The zero-order valence-corrected chi connectivity index (χ0v) is 15.2. The van der Waals surface area contributed by atoms with E-state index in [9.17, 15) is 0 Å². The van der Waals surface area contributed by atoms with Crippen molar-refractivity contribution in [3.8, 4) is 23.0 Å². The molecule has 2 aromatic carbocycles. The van der Waals surface area contributed by atoms with E-state index in [0.717, 1.165) is 53.6 Å². The van der Waals surface area contributed by atoms with Gasteiger partial charge in [0, 0.05) is 17.5 Å². The molecule has 0 bridgehead atoms. The molecule has 0 N–H and O–H groups in total. The molecule has 0 fully saturated rings. The number of hydrogen-bond acceptors (Lipinski definition) is 4. The van der Waals surface area contributed by atoms with Gasteiger partial charge >= 0.3 is 0 Å². The molecule has 0 amide bonds. The molecule has 3 rings (SSSR count). The second kappa shape index (κ2) is 7.47. The molecule has 0 spiro atoms. The Morgan fingerprint density at radius 2 is 1.44 bits per heavy atom. The van der Waals surface area contributed by atoms with Crippen molar-refractivity contribution in [2.75, 3.05) is 35.0 Å². The van der Waals surface area contributed by atoms with E-state index >= 15 is 0 Å². The summed E-state index contributed by atoms with van der Waals surface area (Å²) in [6.07, 6.45) is 4.25. The molecule has 132 valence electrons. The average molecular weight is 342 g/mol. The van der Waals surface area contributed by atoms with E-state index < -0.39 is 0 Å². The standard InChI is InChI=1S/C20H24NO4/c1-22-17-8-7-14(10-18(17)23-2)13-21-9-5-6-15-11-19(24-3)20(25-4)12-16(15)21/h7-8,10-13H,5-6,9H2,1-4H3/q+1. The van der Waals surface area contributed by atoms with Gasteiger partial charge in [-0.3, -0.25) is 0 Å². The minimum Gasteiger partial charge on any atom is -0.493 e. The van der Waals surface area contributed by atoms with E-state index in [0.29, 0.717) is 0 Å². The average Bonchev–Trinajstić information content (AvgIpc) is 2.66. The first-order valence-electron chi connectivity index (χ1n) is 8.28. The maximum atomic E-state index is 5.47. The van der Waals surface area contributed by atoms with Crippen LogP contribution < -0.4 is 18.9 Å². The Kier molecular flexibility index (Phi) is 5.12. The molecule has 0 unspecified atom stereocenters. The molecule has 0 atom stereocenters. The molecular formula is C20H24NO4+. The Hall–Kier alpha value is -2.69. The molecule has 2 aromatic rings. The predicted molar refractivity (Wildman–Crippen MR) is 97.4 cm³/mol. The van der Waals surface area contributed by atoms with Crippen LogP contribution >= 0.6 is 0 Å². The van der Waals surface area contributed by atoms with E-state index in [1.807, 2.05) is 24.3 Å². The first-order chi connectivity index (χ1) is 12.2. The van der Waals surface area contributed by atoms with Crippen LogP contribution in [0.15, 0.2) is 30.3 Å². The SMILES string of the molecule is COc1ccc(C=[N+]2CCCc3cc(OC)c(OC)cc32)cc1OC. The van der Waals surface area contributed by atoms with Crippen LogP contribution in [0.1, 0.15) is 17.5 Å². The summed E-state index contributed by atoms with van der Waals surface area (Å²) in [5.74, 6) is 2.97. The van der Waals surface area contributed by atoms with E-state index in [4.69, 9.17) is 18.9 Å². The van der Waals surface area contributed by atoms with Gasteiger partial charge in [0.05, 0.1) is 34.5 Å². The van der Waals surface area contributed by atoms with Crippen LogP contribution in [-0.2, 0) is 6.42 Å². The number of nitrogens with zero attached hydrogens (tertiary/aromatic N) is 1. The number of methoxy groups -OCH3 is 4. The molecule has 0 saturated carbocycles. The molecule has 1 aliphatic heterocycles. The van der Waals surface area contributed by atoms with E-state index in [-0.39, 0.29) is 0 Å². The maximum absolute atomic E-state index is 5.47. The van der Waals surface area contributed by atoms with Crippen molar-refractivity contribution < 1.29 is 23.5 Å². The molecule has 0 radical (unpaired) electrons. The lowest BCUT2D eigenvalue weighted by Gasteiger charge is -2.17. The normalized spacial score (nSPS) is 14.8. The van der Waals surface area contributed by atoms with Gasteiger partial charge in [0.1, 0.15) is 6.54 Å². The van der Waals surface area contributed by atoms with Gasteiger partial charge in [0.2, 0.25) is 5.69 Å². The minimum absolute atomic E-state index is 0.723. The number of ether oxygens (including phenoxy) is 4. The van der Waals surface area contributed by atoms with E-state index in [2.05, 4.69) is 16.9 Å². The molecule has 0 aliphatic carbocycles. The third kappa shape index (κ3) is 3.40. The highest BCUT2D eigenvalue weighted by Crippen LogP contribution is 2.37. The number of fused-ring (bicyclic) bond motifs is 1. The third-order valence-corrected chi connectivity index (χ3v) is 4.45. The lowest BCUT2D eigenvalue weighted by atomic mass is 10.0. The van der Waals surface area contributed by atoms with Gasteiger partial charge in [0.15, 0.2) is 29.2 Å². The first kappa shape index (κ1) is 17.1. The summed E-state index contributed by atoms with van der Waals surface area (Å²) in [6, 6.07) is 10.0. The van der Waals surface area contributed by atoms with Crippen LogP contribution in [-0.4, -0.2) is 45.8 Å². The fourth-order valence-corrected chi connectivity index (χ4v) is 3.19. The van der Waals surface area contributed by atoms with Gasteiger partial charge in [-0.05, 0) is 30.7 Å². The van der Waals surface area contributed by atoms with Gasteiger partial charge in [-0.1, -0.05) is 0 Å². The molecule has 1 heterocycles. The topological polar surface area (TPSA) is 39.9 Å². The van der Waals surface area contributed by atoms with Crippen molar-refractivity contribution >= 4 is 11.9 Å². The van der Waals surface area contributed by atoms with Gasteiger partial charge in [0.25, 0.3) is 0 Å². The highest BCUT2D eigenvalue weighted by atomic mass is 16.5. The van der Waals surface area contributed by atoms with Crippen LogP contribution in [0.3, 0.4) is 0 Å². The summed E-state index contributed by atoms with van der Waals surface area (Å²) < 4.78 is 23.9. The minimum atomic E-state index is 0.723. The van der Waals surface area contributed by atoms with Crippen LogP contribution in [0, 0.1) is 0 Å². The lowest BCUT2D eigenvalue weighted by Crippen LogP contribution is -2.17. The van der Waals surface area contributed by atoms with Gasteiger partial charge in [-0.2, -0.15) is 4.58 Å². The smallest absolute Gasteiger partial charge is 0.212 e. The van der Waals surface area contributed by atoms with Crippen molar-refractivity contribution in [1.82, 2.24) is 0 Å². The van der Waals surface area contributed by atoms with Gasteiger partial charge in [-0.15, -0.1) is 0 Å². The van der Waals surface area contributed by atoms with Crippen molar-refractivity contribution in [3.63, 3.8) is 0 Å². The molecule has 0 aromatic heterocycles. The molecular weight excluding hydrogens is 318 g/mol. The summed E-state index contributed by atoms with van der Waals surface area (Å²) in [5, 5.41) is 0. The summed E-state index contributed by atoms with van der Waals surface area (Å²) in [7, 11) is 6.62. The monoisotopic (exact) mass is 342 g/mol. The highest BCUT2D eigenvalue weighted by Gasteiger charge is 2.24. The zero-order valence-electron chi connectivity index (χ0n) is 15.2. The fourth-order valence-electron chi connectivity index (χ4n) is 3.19. The Bertz CT molecular complexity index is 799. The second-order valence-electron chi connectivity index (χ2n) is 5.88. The van der Waals surface area contributed by atoms with E-state index in [1.165, 1.54) is 5.56 Å². The van der Waals surface area contributed by atoms with Crippen molar-refractivity contribution in [1.29, 1.82) is 0 Å². The van der Waals surface area contributed by atoms with Crippen LogP contribution in [0.2, 0.25) is 0 Å². The highest BCUT2D eigenvalue weighted by molar-refractivity contribution is 5.78. The predicted octanol–water partition coefficient (Wildman–Crippen LogP) is 3.43. The number of aryl methyl sites for hydroxylation is 1. The largest absolute Gasteiger partial charge is 0.493 e. The lowest BCUT2D eigenvalue weighted by molar-refractivity contribution is -0.440. The fraction of sp³-hybridized carbons (Fsp3) is 0.350. The zero-order chi connectivity index (χ0) is 17.8. The first-order valence-corrected chi connectivity index (χ1v) is 8.28. The number of benzene rings is 2. The van der Waals surface area contributed by atoms with Gasteiger partial charge < -0.3 is 18.9 Å². The quantitative estimate of drug-likeness (QED) is 0.781. The van der Waals surface area contributed by atoms with Crippen molar-refractivity contribution in [2.24, 2.45) is 0 Å².